The zero-order valence-electron chi connectivity index (χ0n) is 18.4. The van der Waals surface area contributed by atoms with Gasteiger partial charge in [0.15, 0.2) is 5.76 Å². The van der Waals surface area contributed by atoms with Gasteiger partial charge in [-0.3, -0.25) is 9.59 Å². The maximum Gasteiger partial charge on any atom is 0.289 e. The van der Waals surface area contributed by atoms with Crippen LogP contribution in [0.3, 0.4) is 0 Å². The molecule has 2 heterocycles. The second-order valence-corrected chi connectivity index (χ2v) is 9.43. The van der Waals surface area contributed by atoms with Gasteiger partial charge in [0.1, 0.15) is 23.9 Å². The lowest BCUT2D eigenvalue weighted by atomic mass is 9.77. The molecule has 1 saturated carbocycles. The van der Waals surface area contributed by atoms with Crippen LogP contribution in [0.5, 0.6) is 5.75 Å². The zero-order valence-corrected chi connectivity index (χ0v) is 19.2. The number of piperidine rings is 1. The van der Waals surface area contributed by atoms with Gasteiger partial charge >= 0.3 is 0 Å². The third-order valence-corrected chi connectivity index (χ3v) is 6.97. The van der Waals surface area contributed by atoms with Crippen LogP contribution >= 0.6 is 11.6 Å². The van der Waals surface area contributed by atoms with E-state index in [9.17, 15) is 9.59 Å². The number of amides is 1. The topological polar surface area (TPSA) is 59.8 Å². The van der Waals surface area contributed by atoms with E-state index in [-0.39, 0.29) is 30.4 Å². The zero-order chi connectivity index (χ0) is 22.1. The Morgan fingerprint density at radius 1 is 1.26 bits per heavy atom. The number of aryl methyl sites for hydroxylation is 1. The van der Waals surface area contributed by atoms with Gasteiger partial charge in [0.2, 0.25) is 0 Å². The van der Waals surface area contributed by atoms with Crippen LogP contribution in [-0.2, 0) is 11.4 Å². The number of carbonyl (C=O) groups is 2. The molecule has 0 N–H and O–H groups in total. The van der Waals surface area contributed by atoms with Crippen molar-refractivity contribution < 1.29 is 18.7 Å². The van der Waals surface area contributed by atoms with E-state index in [1.54, 1.807) is 12.1 Å². The number of ether oxygens (including phenoxy) is 1. The number of hydrogen-bond acceptors (Lipinski definition) is 4. The van der Waals surface area contributed by atoms with Gasteiger partial charge in [0.05, 0.1) is 0 Å². The van der Waals surface area contributed by atoms with Gasteiger partial charge in [-0.1, -0.05) is 38.3 Å². The summed E-state index contributed by atoms with van der Waals surface area (Å²) in [5, 5.41) is 0.725. The van der Waals surface area contributed by atoms with Crippen molar-refractivity contribution >= 4 is 23.3 Å². The van der Waals surface area contributed by atoms with Crippen molar-refractivity contribution in [2.75, 3.05) is 6.54 Å². The lowest BCUT2D eigenvalue weighted by molar-refractivity contribution is -0.129. The summed E-state index contributed by atoms with van der Waals surface area (Å²) in [6.07, 6.45) is 4.36. The molecule has 1 aromatic carbocycles. The molecular formula is C25H30ClNO4. The molecule has 1 amide bonds. The van der Waals surface area contributed by atoms with Crippen molar-refractivity contribution in [3.8, 4) is 5.75 Å². The first-order chi connectivity index (χ1) is 14.8. The number of likely N-dealkylation sites (tertiary alicyclic amines) is 1. The number of fused-ring (bicyclic) bond motifs is 1. The number of rotatable bonds is 5. The second-order valence-electron chi connectivity index (χ2n) is 9.02. The lowest BCUT2D eigenvalue weighted by Gasteiger charge is -2.42. The summed E-state index contributed by atoms with van der Waals surface area (Å²) in [5.74, 6) is 2.13. The summed E-state index contributed by atoms with van der Waals surface area (Å²) in [6, 6.07) is 7.41. The molecule has 0 bridgehead atoms. The van der Waals surface area contributed by atoms with E-state index in [4.69, 9.17) is 20.8 Å². The summed E-state index contributed by atoms with van der Waals surface area (Å²) in [6.45, 7) is 6.86. The molecule has 5 nitrogen and oxygen atoms in total. The Morgan fingerprint density at radius 2 is 2.03 bits per heavy atom. The predicted molar refractivity (Wildman–Crippen MR) is 120 cm³/mol. The Labute approximate surface area is 188 Å². The third-order valence-electron chi connectivity index (χ3n) is 6.56. The minimum absolute atomic E-state index is 0.00758. The minimum Gasteiger partial charge on any atom is -0.485 e. The third kappa shape index (κ3) is 4.52. The van der Waals surface area contributed by atoms with E-state index in [2.05, 4.69) is 13.8 Å². The standard InChI is InChI=1S/C25H30ClNO4/c1-15(2)19-13-20(26)16(3)12-24(19)30-14-17-8-9-23(31-17)25(29)27-11-10-22(28)18-6-4-5-7-21(18)27/h8-9,12-13,15,18,21H,4-7,10-11,14H2,1-3H3. The normalized spacial score (nSPS) is 21.3. The maximum atomic E-state index is 13.1. The summed E-state index contributed by atoms with van der Waals surface area (Å²) in [7, 11) is 0. The Kier molecular flexibility index (Phi) is 6.42. The van der Waals surface area contributed by atoms with Gasteiger partial charge in [-0.05, 0) is 61.1 Å². The second kappa shape index (κ2) is 9.07. The van der Waals surface area contributed by atoms with Crippen molar-refractivity contribution in [1.82, 2.24) is 4.90 Å². The molecule has 31 heavy (non-hydrogen) atoms. The molecule has 0 spiro atoms. The highest BCUT2D eigenvalue weighted by molar-refractivity contribution is 6.31. The smallest absolute Gasteiger partial charge is 0.289 e. The molecule has 1 aliphatic heterocycles. The van der Waals surface area contributed by atoms with Crippen molar-refractivity contribution in [2.24, 2.45) is 5.92 Å². The molecule has 1 saturated heterocycles. The fourth-order valence-corrected chi connectivity index (χ4v) is 4.97. The van der Waals surface area contributed by atoms with Gasteiger partial charge in [-0.25, -0.2) is 0 Å². The molecule has 1 aromatic heterocycles. The highest BCUT2D eigenvalue weighted by Crippen LogP contribution is 2.35. The molecule has 6 heteroatoms. The van der Waals surface area contributed by atoms with Gasteiger partial charge in [0, 0.05) is 29.9 Å². The highest BCUT2D eigenvalue weighted by atomic mass is 35.5. The predicted octanol–water partition coefficient (Wildman–Crippen LogP) is 5.92. The van der Waals surface area contributed by atoms with Crippen molar-refractivity contribution in [1.29, 1.82) is 0 Å². The van der Waals surface area contributed by atoms with E-state index in [1.165, 1.54) is 0 Å². The molecule has 2 fully saturated rings. The molecule has 0 radical (unpaired) electrons. The summed E-state index contributed by atoms with van der Waals surface area (Å²) >= 11 is 6.28. The number of carbonyl (C=O) groups excluding carboxylic acids is 2. The molecular weight excluding hydrogens is 414 g/mol. The van der Waals surface area contributed by atoms with Gasteiger partial charge in [0.25, 0.3) is 5.91 Å². The van der Waals surface area contributed by atoms with Gasteiger partial charge in [-0.15, -0.1) is 0 Å². The lowest BCUT2D eigenvalue weighted by Crippen LogP contribution is -2.53. The Balaban J connectivity index is 1.46. The fourth-order valence-electron chi connectivity index (χ4n) is 4.80. The van der Waals surface area contributed by atoms with Crippen molar-refractivity contribution in [3.05, 3.63) is 51.9 Å². The number of benzene rings is 1. The molecule has 2 aliphatic rings. The Hall–Kier alpha value is -2.27. The van der Waals surface area contributed by atoms with Gasteiger partial charge in [-0.2, -0.15) is 0 Å². The van der Waals surface area contributed by atoms with E-state index in [1.807, 2.05) is 24.0 Å². The average Bonchev–Trinajstić information content (AvgIpc) is 3.23. The monoisotopic (exact) mass is 443 g/mol. The van der Waals surface area contributed by atoms with Crippen LogP contribution in [0, 0.1) is 12.8 Å². The summed E-state index contributed by atoms with van der Waals surface area (Å²) in [4.78, 5) is 27.3. The average molecular weight is 444 g/mol. The van der Waals surface area contributed by atoms with E-state index < -0.39 is 0 Å². The van der Waals surface area contributed by atoms with Crippen molar-refractivity contribution in [2.45, 2.75) is 71.4 Å². The van der Waals surface area contributed by atoms with Crippen LogP contribution in [0.15, 0.2) is 28.7 Å². The van der Waals surface area contributed by atoms with Crippen LogP contribution in [0.4, 0.5) is 0 Å². The largest absolute Gasteiger partial charge is 0.485 e. The first-order valence-corrected chi connectivity index (χ1v) is 11.6. The molecule has 2 aromatic rings. The summed E-state index contributed by atoms with van der Waals surface area (Å²) in [5.41, 5.74) is 2.00. The molecule has 166 valence electrons. The number of Topliss-reactive ketones (excluding diaryl/α,β-unsaturated/α-hetero) is 1. The number of furan rings is 1. The maximum absolute atomic E-state index is 13.1. The van der Waals surface area contributed by atoms with Crippen LogP contribution in [0.2, 0.25) is 5.02 Å². The summed E-state index contributed by atoms with van der Waals surface area (Å²) < 4.78 is 11.9. The highest BCUT2D eigenvalue weighted by Gasteiger charge is 2.41. The molecule has 4 rings (SSSR count). The van der Waals surface area contributed by atoms with E-state index >= 15 is 0 Å². The number of ketones is 1. The van der Waals surface area contributed by atoms with E-state index in [0.717, 1.165) is 47.6 Å². The van der Waals surface area contributed by atoms with E-state index in [0.29, 0.717) is 30.3 Å². The molecule has 2 atom stereocenters. The van der Waals surface area contributed by atoms with Crippen LogP contribution in [-0.4, -0.2) is 29.2 Å². The van der Waals surface area contributed by atoms with Crippen LogP contribution in [0.1, 0.15) is 79.3 Å². The number of nitrogens with zero attached hydrogens (tertiary/aromatic N) is 1. The molecule has 1 aliphatic carbocycles. The van der Waals surface area contributed by atoms with Crippen LogP contribution in [0.25, 0.3) is 0 Å². The molecule has 2 unspecified atom stereocenters. The fraction of sp³-hybridized carbons (Fsp3) is 0.520. The van der Waals surface area contributed by atoms with Crippen LogP contribution < -0.4 is 4.74 Å². The SMILES string of the molecule is Cc1cc(OCc2ccc(C(=O)N3CCC(=O)C4CCCCC43)o2)c(C(C)C)cc1Cl. The quantitative estimate of drug-likeness (QED) is 0.575. The first kappa shape index (κ1) is 21.9. The number of halogens is 1. The van der Waals surface area contributed by atoms with Crippen molar-refractivity contribution in [3.63, 3.8) is 0 Å². The van der Waals surface area contributed by atoms with Gasteiger partial charge < -0.3 is 14.1 Å². The first-order valence-electron chi connectivity index (χ1n) is 11.2. The number of hydrogen-bond donors (Lipinski definition) is 0. The Morgan fingerprint density at radius 3 is 2.81 bits per heavy atom. The Bertz CT molecular complexity index is 980. The minimum atomic E-state index is -0.124.